The molecule has 1 fully saturated rings. The Hall–Kier alpha value is -0.280. The molecule has 0 aliphatic heterocycles. The molecule has 0 aromatic heterocycles. The summed E-state index contributed by atoms with van der Waals surface area (Å²) in [6.45, 7) is 4.66. The lowest BCUT2D eigenvalue weighted by Crippen LogP contribution is -2.44. The van der Waals surface area contributed by atoms with Crippen LogP contribution in [0.4, 0.5) is 0 Å². The van der Waals surface area contributed by atoms with Crippen molar-refractivity contribution in [3.8, 4) is 0 Å². The first-order chi connectivity index (χ1) is 10.0. The van der Waals surface area contributed by atoms with Crippen LogP contribution >= 0.6 is 23.2 Å². The summed E-state index contributed by atoms with van der Waals surface area (Å²) < 4.78 is 0. The molecule has 4 heteroatoms. The van der Waals surface area contributed by atoms with Gasteiger partial charge in [-0.15, -0.1) is 0 Å². The lowest BCUT2D eigenvalue weighted by Gasteiger charge is -2.35. The molecular weight excluding hydrogens is 303 g/mol. The first-order valence-electron chi connectivity index (χ1n) is 7.92. The van der Waals surface area contributed by atoms with Gasteiger partial charge in [0.15, 0.2) is 0 Å². The molecule has 0 heterocycles. The zero-order chi connectivity index (χ0) is 15.4. The molecule has 1 aliphatic rings. The molecule has 118 valence electrons. The van der Waals surface area contributed by atoms with Crippen molar-refractivity contribution < 1.29 is 0 Å². The van der Waals surface area contributed by atoms with Crippen LogP contribution in [0.1, 0.15) is 45.1 Å². The second kappa shape index (κ2) is 7.82. The van der Waals surface area contributed by atoms with E-state index in [1.807, 2.05) is 18.2 Å². The van der Waals surface area contributed by atoms with E-state index in [0.717, 1.165) is 23.8 Å². The van der Waals surface area contributed by atoms with Crippen molar-refractivity contribution in [1.29, 1.82) is 0 Å². The second-order valence-corrected chi connectivity index (χ2v) is 7.39. The number of nitrogens with one attached hydrogen (secondary N) is 1. The van der Waals surface area contributed by atoms with E-state index in [0.29, 0.717) is 16.0 Å². The standard InChI is InChI=1S/C17H26Cl2N2/c1-11(2)12-6-8-13(9-7-12)16(21-20)10-14-4-3-5-15(18)17(14)19/h3-5,11-13,16,21H,6-10,20H2,1-2H3. The van der Waals surface area contributed by atoms with E-state index < -0.39 is 0 Å². The monoisotopic (exact) mass is 328 g/mol. The Morgan fingerprint density at radius 3 is 2.33 bits per heavy atom. The van der Waals surface area contributed by atoms with Gasteiger partial charge in [-0.2, -0.15) is 0 Å². The molecule has 21 heavy (non-hydrogen) atoms. The van der Waals surface area contributed by atoms with Gasteiger partial charge < -0.3 is 0 Å². The molecule has 3 N–H and O–H groups in total. The largest absolute Gasteiger partial charge is 0.271 e. The summed E-state index contributed by atoms with van der Waals surface area (Å²) in [6, 6.07) is 6.09. The van der Waals surface area contributed by atoms with Gasteiger partial charge in [-0.05, 0) is 61.5 Å². The summed E-state index contributed by atoms with van der Waals surface area (Å²) >= 11 is 12.4. The fourth-order valence-corrected chi connectivity index (χ4v) is 3.92. The van der Waals surface area contributed by atoms with E-state index in [4.69, 9.17) is 29.0 Å². The van der Waals surface area contributed by atoms with Crippen LogP contribution in [-0.2, 0) is 6.42 Å². The maximum absolute atomic E-state index is 6.30. The van der Waals surface area contributed by atoms with Crippen LogP contribution in [0.25, 0.3) is 0 Å². The first-order valence-corrected chi connectivity index (χ1v) is 8.67. The minimum Gasteiger partial charge on any atom is -0.271 e. The van der Waals surface area contributed by atoms with Crippen LogP contribution in [0, 0.1) is 17.8 Å². The van der Waals surface area contributed by atoms with E-state index in [9.17, 15) is 0 Å². The van der Waals surface area contributed by atoms with Crippen LogP contribution in [0.5, 0.6) is 0 Å². The number of hydrogen-bond acceptors (Lipinski definition) is 2. The lowest BCUT2D eigenvalue weighted by atomic mass is 9.74. The molecule has 1 unspecified atom stereocenters. The average molecular weight is 329 g/mol. The fourth-order valence-electron chi connectivity index (χ4n) is 3.52. The predicted molar refractivity (Wildman–Crippen MR) is 91.6 cm³/mol. The van der Waals surface area contributed by atoms with Crippen molar-refractivity contribution in [2.24, 2.45) is 23.6 Å². The number of hydrogen-bond donors (Lipinski definition) is 2. The molecule has 1 aromatic rings. The van der Waals surface area contributed by atoms with Gasteiger partial charge in [-0.3, -0.25) is 11.3 Å². The molecule has 1 saturated carbocycles. The van der Waals surface area contributed by atoms with Gasteiger partial charge in [0.05, 0.1) is 10.0 Å². The van der Waals surface area contributed by atoms with Crippen LogP contribution in [0.2, 0.25) is 10.0 Å². The van der Waals surface area contributed by atoms with Gasteiger partial charge in [0.25, 0.3) is 0 Å². The summed E-state index contributed by atoms with van der Waals surface area (Å²) in [5.41, 5.74) is 4.09. The maximum Gasteiger partial charge on any atom is 0.0624 e. The predicted octanol–water partition coefficient (Wildman–Crippen LogP) is 4.83. The van der Waals surface area contributed by atoms with E-state index in [1.54, 1.807) is 0 Å². The molecular formula is C17H26Cl2N2. The smallest absolute Gasteiger partial charge is 0.0624 e. The van der Waals surface area contributed by atoms with Gasteiger partial charge in [0.1, 0.15) is 0 Å². The molecule has 0 amide bonds. The summed E-state index contributed by atoms with van der Waals surface area (Å²) in [7, 11) is 0. The molecule has 1 atom stereocenters. The molecule has 2 nitrogen and oxygen atoms in total. The van der Waals surface area contributed by atoms with Crippen LogP contribution < -0.4 is 11.3 Å². The average Bonchev–Trinajstić information content (AvgIpc) is 2.49. The zero-order valence-electron chi connectivity index (χ0n) is 12.9. The van der Waals surface area contributed by atoms with E-state index in [-0.39, 0.29) is 6.04 Å². The Morgan fingerprint density at radius 2 is 1.76 bits per heavy atom. The van der Waals surface area contributed by atoms with Gasteiger partial charge in [-0.1, -0.05) is 49.2 Å². The number of hydrazine groups is 1. The highest BCUT2D eigenvalue weighted by Crippen LogP contribution is 2.36. The third-order valence-corrected chi connectivity index (χ3v) is 5.87. The van der Waals surface area contributed by atoms with E-state index in [1.165, 1.54) is 25.7 Å². The van der Waals surface area contributed by atoms with Crippen molar-refractivity contribution in [2.75, 3.05) is 0 Å². The second-order valence-electron chi connectivity index (χ2n) is 6.61. The summed E-state index contributed by atoms with van der Waals surface area (Å²) in [4.78, 5) is 0. The van der Waals surface area contributed by atoms with E-state index in [2.05, 4.69) is 19.3 Å². The van der Waals surface area contributed by atoms with Gasteiger partial charge in [-0.25, -0.2) is 0 Å². The number of nitrogens with two attached hydrogens (primary N) is 1. The Balaban J connectivity index is 1.99. The molecule has 0 radical (unpaired) electrons. The summed E-state index contributed by atoms with van der Waals surface area (Å²) in [5.74, 6) is 8.09. The Labute approximate surface area is 138 Å². The van der Waals surface area contributed by atoms with Crippen molar-refractivity contribution in [2.45, 2.75) is 52.0 Å². The highest BCUT2D eigenvalue weighted by atomic mass is 35.5. The Morgan fingerprint density at radius 1 is 1.14 bits per heavy atom. The van der Waals surface area contributed by atoms with Crippen molar-refractivity contribution in [3.63, 3.8) is 0 Å². The van der Waals surface area contributed by atoms with E-state index >= 15 is 0 Å². The molecule has 1 aliphatic carbocycles. The summed E-state index contributed by atoms with van der Waals surface area (Å²) in [5, 5.41) is 1.28. The number of halogens is 2. The Kier molecular flexibility index (Phi) is 6.36. The number of rotatable bonds is 5. The normalized spacial score (nSPS) is 24.3. The zero-order valence-corrected chi connectivity index (χ0v) is 14.4. The molecule has 0 spiro atoms. The van der Waals surface area contributed by atoms with Crippen molar-refractivity contribution in [1.82, 2.24) is 5.43 Å². The summed E-state index contributed by atoms with van der Waals surface area (Å²) in [6.07, 6.45) is 5.95. The highest BCUT2D eigenvalue weighted by molar-refractivity contribution is 6.42. The van der Waals surface area contributed by atoms with Gasteiger partial charge in [0.2, 0.25) is 0 Å². The highest BCUT2D eigenvalue weighted by Gasteiger charge is 2.28. The minimum atomic E-state index is 0.272. The first kappa shape index (κ1) is 17.1. The third-order valence-electron chi connectivity index (χ3n) is 5.01. The lowest BCUT2D eigenvalue weighted by molar-refractivity contribution is 0.188. The topological polar surface area (TPSA) is 38.0 Å². The van der Waals surface area contributed by atoms with Crippen LogP contribution in [0.15, 0.2) is 18.2 Å². The Bertz CT molecular complexity index is 454. The van der Waals surface area contributed by atoms with Crippen LogP contribution in [0.3, 0.4) is 0 Å². The molecule has 0 saturated heterocycles. The third kappa shape index (κ3) is 4.35. The quantitative estimate of drug-likeness (QED) is 0.600. The van der Waals surface area contributed by atoms with Crippen molar-refractivity contribution >= 4 is 23.2 Å². The van der Waals surface area contributed by atoms with Gasteiger partial charge >= 0.3 is 0 Å². The molecule has 2 rings (SSSR count). The SMILES string of the molecule is CC(C)C1CCC(C(Cc2cccc(Cl)c2Cl)NN)CC1. The van der Waals surface area contributed by atoms with Crippen molar-refractivity contribution in [3.05, 3.63) is 33.8 Å². The molecule has 1 aromatic carbocycles. The van der Waals surface area contributed by atoms with Crippen LogP contribution in [-0.4, -0.2) is 6.04 Å². The minimum absolute atomic E-state index is 0.272. The number of benzene rings is 1. The fraction of sp³-hybridized carbons (Fsp3) is 0.647. The maximum atomic E-state index is 6.30. The van der Waals surface area contributed by atoms with Gasteiger partial charge in [0, 0.05) is 6.04 Å². The molecule has 0 bridgehead atoms.